The maximum Gasteiger partial charge on any atom is 0.155 e. The van der Waals surface area contributed by atoms with Crippen LogP contribution in [0.4, 0.5) is 0 Å². The predicted molar refractivity (Wildman–Crippen MR) is 93.3 cm³/mol. The average Bonchev–Trinajstić information content (AvgIpc) is 2.18. The van der Waals surface area contributed by atoms with Gasteiger partial charge in [0.2, 0.25) is 0 Å². The lowest BCUT2D eigenvalue weighted by molar-refractivity contribution is -0.113. The van der Waals surface area contributed by atoms with Crippen LogP contribution in [0.25, 0.3) is 0 Å². The standard InChI is InChI=1S/C16H34OSi2/c1-8-9-10-11-12-15(13-18(2,3)4)16(17)14-19(5,6)7/h13H,8-12,14H2,1-7H3/b15-13+. The molecule has 19 heavy (non-hydrogen) atoms. The smallest absolute Gasteiger partial charge is 0.155 e. The van der Waals surface area contributed by atoms with Gasteiger partial charge in [-0.25, -0.2) is 0 Å². The van der Waals surface area contributed by atoms with E-state index in [4.69, 9.17) is 0 Å². The topological polar surface area (TPSA) is 17.1 Å². The van der Waals surface area contributed by atoms with Crippen molar-refractivity contribution in [1.29, 1.82) is 0 Å². The predicted octanol–water partition coefficient (Wildman–Crippen LogP) is 5.67. The van der Waals surface area contributed by atoms with E-state index in [-0.39, 0.29) is 0 Å². The van der Waals surface area contributed by atoms with Crippen LogP contribution in [-0.4, -0.2) is 21.9 Å². The summed E-state index contributed by atoms with van der Waals surface area (Å²) in [7, 11) is -2.58. The Morgan fingerprint density at radius 2 is 1.53 bits per heavy atom. The van der Waals surface area contributed by atoms with Crippen LogP contribution in [-0.2, 0) is 4.79 Å². The van der Waals surface area contributed by atoms with Gasteiger partial charge in [-0.1, -0.05) is 71.2 Å². The molecule has 0 saturated heterocycles. The van der Waals surface area contributed by atoms with Crippen molar-refractivity contribution < 1.29 is 4.79 Å². The molecule has 0 rings (SSSR count). The number of ketones is 1. The molecule has 112 valence electrons. The molecule has 0 heterocycles. The maximum absolute atomic E-state index is 12.5. The van der Waals surface area contributed by atoms with Crippen molar-refractivity contribution in [2.24, 2.45) is 0 Å². The molecule has 0 aromatic rings. The first kappa shape index (κ1) is 18.8. The monoisotopic (exact) mass is 298 g/mol. The van der Waals surface area contributed by atoms with Crippen LogP contribution in [0.1, 0.15) is 39.0 Å². The summed E-state index contributed by atoms with van der Waals surface area (Å²) in [6.45, 7) is 16.0. The van der Waals surface area contributed by atoms with Gasteiger partial charge in [-0.15, -0.1) is 0 Å². The number of allylic oxidation sites excluding steroid dienone is 1. The molecule has 0 N–H and O–H groups in total. The Balaban J connectivity index is 4.69. The molecule has 0 aliphatic heterocycles. The summed E-state index contributed by atoms with van der Waals surface area (Å²) in [6, 6.07) is 0.817. The third-order valence-electron chi connectivity index (χ3n) is 2.96. The highest BCUT2D eigenvalue weighted by atomic mass is 28.3. The number of carbonyl (C=O) groups is 1. The molecule has 0 spiro atoms. The number of carbonyl (C=O) groups excluding carboxylic acids is 1. The van der Waals surface area contributed by atoms with E-state index >= 15 is 0 Å². The van der Waals surface area contributed by atoms with Gasteiger partial charge in [0.1, 0.15) is 0 Å². The molecule has 0 saturated carbocycles. The normalized spacial score (nSPS) is 13.7. The quantitative estimate of drug-likeness (QED) is 0.304. The molecule has 0 fully saturated rings. The summed E-state index contributed by atoms with van der Waals surface area (Å²) in [5.41, 5.74) is 3.50. The van der Waals surface area contributed by atoms with Gasteiger partial charge in [-0.05, 0) is 18.4 Å². The number of hydrogen-bond acceptors (Lipinski definition) is 1. The largest absolute Gasteiger partial charge is 0.295 e. The minimum absolute atomic E-state index is 0.443. The van der Waals surface area contributed by atoms with Crippen molar-refractivity contribution in [3.8, 4) is 0 Å². The van der Waals surface area contributed by atoms with Crippen molar-refractivity contribution in [2.45, 2.75) is 84.4 Å². The van der Waals surface area contributed by atoms with Crippen LogP contribution in [0.5, 0.6) is 0 Å². The van der Waals surface area contributed by atoms with E-state index in [2.05, 4.69) is 51.9 Å². The average molecular weight is 299 g/mol. The molecule has 0 aliphatic rings. The number of rotatable bonds is 9. The van der Waals surface area contributed by atoms with Gasteiger partial charge in [0.25, 0.3) is 0 Å². The molecule has 3 heteroatoms. The fraction of sp³-hybridized carbons (Fsp3) is 0.812. The fourth-order valence-corrected chi connectivity index (χ4v) is 4.69. The molecule has 1 nitrogen and oxygen atoms in total. The van der Waals surface area contributed by atoms with Crippen molar-refractivity contribution in [3.63, 3.8) is 0 Å². The van der Waals surface area contributed by atoms with Gasteiger partial charge in [0.05, 0.1) is 16.1 Å². The van der Waals surface area contributed by atoms with Crippen molar-refractivity contribution in [3.05, 3.63) is 11.3 Å². The lowest BCUT2D eigenvalue weighted by Gasteiger charge is -2.19. The van der Waals surface area contributed by atoms with Crippen molar-refractivity contribution in [2.75, 3.05) is 0 Å². The van der Waals surface area contributed by atoms with Gasteiger partial charge >= 0.3 is 0 Å². The summed E-state index contributed by atoms with van der Waals surface area (Å²) in [6.07, 6.45) is 6.01. The number of unbranched alkanes of at least 4 members (excludes halogenated alkanes) is 3. The number of hydrogen-bond donors (Lipinski definition) is 0. The summed E-state index contributed by atoms with van der Waals surface area (Å²) < 4.78 is 0. The van der Waals surface area contributed by atoms with Crippen LogP contribution in [0.15, 0.2) is 11.3 Å². The van der Waals surface area contributed by atoms with Gasteiger partial charge < -0.3 is 0 Å². The highest BCUT2D eigenvalue weighted by molar-refractivity contribution is 6.82. The zero-order chi connectivity index (χ0) is 15.1. The maximum atomic E-state index is 12.5. The Labute approximate surface area is 122 Å². The zero-order valence-corrected chi connectivity index (χ0v) is 16.2. The van der Waals surface area contributed by atoms with E-state index < -0.39 is 16.1 Å². The van der Waals surface area contributed by atoms with Crippen LogP contribution in [0.2, 0.25) is 45.3 Å². The van der Waals surface area contributed by atoms with Crippen molar-refractivity contribution in [1.82, 2.24) is 0 Å². The molecule has 0 bridgehead atoms. The minimum atomic E-state index is -1.29. The Bertz CT molecular complexity index is 306. The van der Waals surface area contributed by atoms with E-state index in [0.717, 1.165) is 18.0 Å². The molecular weight excluding hydrogens is 264 g/mol. The lowest BCUT2D eigenvalue weighted by Crippen LogP contribution is -2.26. The molecule has 0 amide bonds. The van der Waals surface area contributed by atoms with Crippen LogP contribution < -0.4 is 0 Å². The SMILES string of the molecule is CCCCCC/C(=C\[Si](C)(C)C)C(=O)C[Si](C)(C)C. The van der Waals surface area contributed by atoms with Crippen molar-refractivity contribution >= 4 is 21.9 Å². The van der Waals surface area contributed by atoms with E-state index in [1.54, 1.807) is 0 Å². The third-order valence-corrected chi connectivity index (χ3v) is 5.55. The molecule has 0 aromatic heterocycles. The second kappa shape index (κ2) is 8.20. The van der Waals surface area contributed by atoms with E-state index in [0.29, 0.717) is 5.78 Å². The molecule has 0 atom stereocenters. The van der Waals surface area contributed by atoms with Gasteiger partial charge in [0.15, 0.2) is 5.78 Å². The van der Waals surface area contributed by atoms with Gasteiger partial charge in [-0.2, -0.15) is 0 Å². The van der Waals surface area contributed by atoms with Crippen LogP contribution in [0, 0.1) is 0 Å². The summed E-state index contributed by atoms with van der Waals surface area (Å²) in [5, 5.41) is 0. The Hall–Kier alpha value is -0.156. The second-order valence-corrected chi connectivity index (χ2v) is 18.5. The summed E-state index contributed by atoms with van der Waals surface area (Å²) >= 11 is 0. The minimum Gasteiger partial charge on any atom is -0.295 e. The highest BCUT2D eigenvalue weighted by Gasteiger charge is 2.22. The lowest BCUT2D eigenvalue weighted by atomic mass is 10.1. The number of Topliss-reactive ketones (excluding diaryl/α,β-unsaturated/α-hetero) is 1. The molecule has 0 aliphatic carbocycles. The van der Waals surface area contributed by atoms with Crippen LogP contribution in [0.3, 0.4) is 0 Å². The van der Waals surface area contributed by atoms with Crippen LogP contribution >= 0.6 is 0 Å². The fourth-order valence-electron chi connectivity index (χ4n) is 2.15. The van der Waals surface area contributed by atoms with Gasteiger partial charge in [0, 0.05) is 6.04 Å². The summed E-state index contributed by atoms with van der Waals surface area (Å²) in [4.78, 5) is 12.5. The third kappa shape index (κ3) is 11.4. The Kier molecular flexibility index (Phi) is 8.13. The van der Waals surface area contributed by atoms with E-state index in [9.17, 15) is 4.79 Å². The molecule has 0 aromatic carbocycles. The first-order valence-corrected chi connectivity index (χ1v) is 15.1. The molecule has 0 radical (unpaired) electrons. The zero-order valence-electron chi connectivity index (χ0n) is 14.2. The highest BCUT2D eigenvalue weighted by Crippen LogP contribution is 2.20. The first-order chi connectivity index (χ1) is 8.55. The van der Waals surface area contributed by atoms with E-state index in [1.807, 2.05) is 0 Å². The Morgan fingerprint density at radius 1 is 0.947 bits per heavy atom. The van der Waals surface area contributed by atoms with E-state index in [1.165, 1.54) is 25.7 Å². The Morgan fingerprint density at radius 3 is 1.95 bits per heavy atom. The second-order valence-electron chi connectivity index (χ2n) is 8.01. The molecule has 0 unspecified atom stereocenters. The summed E-state index contributed by atoms with van der Waals surface area (Å²) in [5.74, 6) is 0.443. The van der Waals surface area contributed by atoms with Gasteiger partial charge in [-0.3, -0.25) is 4.79 Å². The first-order valence-electron chi connectivity index (χ1n) is 7.80. The molecular formula is C16H34OSi2.